The number of amides is 3. The average Bonchev–Trinajstić information content (AvgIpc) is 3.20. The number of anilines is 1. The van der Waals surface area contributed by atoms with E-state index in [0.29, 0.717) is 11.3 Å². The molecule has 168 valence electrons. The van der Waals surface area contributed by atoms with Crippen LogP contribution in [-0.4, -0.2) is 57.8 Å². The Balaban J connectivity index is 1.76. The number of carbonyl (C=O) groups is 4. The highest BCUT2D eigenvalue weighted by atomic mass is 32.2. The minimum absolute atomic E-state index is 0.219. The third-order valence-electron chi connectivity index (χ3n) is 5.25. The van der Waals surface area contributed by atoms with Gasteiger partial charge >= 0.3 is 18.0 Å². The molecule has 3 rings (SSSR count). The minimum atomic E-state index is -1.31. The van der Waals surface area contributed by atoms with Crippen molar-refractivity contribution < 1.29 is 29.4 Å². The topological polar surface area (TPSA) is 136 Å². The lowest BCUT2D eigenvalue weighted by molar-refractivity contribution is -0.149. The van der Waals surface area contributed by atoms with E-state index < -0.39 is 48.4 Å². The SMILES string of the molecule is CSc1cccc(NC(=O)NCC(=O)N2C(C(=O)O)CC(C(=O)O)C2c2ccccc2)c1. The van der Waals surface area contributed by atoms with E-state index >= 15 is 0 Å². The van der Waals surface area contributed by atoms with Crippen LogP contribution in [0.3, 0.4) is 0 Å². The zero-order chi connectivity index (χ0) is 23.3. The standard InChI is InChI=1S/C22H23N3O6S/c1-32-15-9-5-8-14(10-15)24-22(31)23-12-18(26)25-17(21(29)30)11-16(20(27)28)19(25)13-6-3-2-4-7-13/h2-10,16-17,19H,11-12H2,1H3,(H,27,28)(H,29,30)(H2,23,24,31). The monoisotopic (exact) mass is 457 g/mol. The highest BCUT2D eigenvalue weighted by Gasteiger charge is 2.50. The fraction of sp³-hybridized carbons (Fsp3) is 0.273. The molecule has 3 amide bonds. The summed E-state index contributed by atoms with van der Waals surface area (Å²) in [6.07, 6.45) is 1.68. The molecule has 0 spiro atoms. The zero-order valence-corrected chi connectivity index (χ0v) is 18.0. The Labute approximate surface area is 188 Å². The molecule has 10 heteroatoms. The van der Waals surface area contributed by atoms with Gasteiger partial charge < -0.3 is 25.7 Å². The molecule has 0 aliphatic carbocycles. The molecule has 1 aliphatic rings. The number of hydrogen-bond donors (Lipinski definition) is 4. The number of nitrogens with one attached hydrogen (secondary N) is 2. The van der Waals surface area contributed by atoms with E-state index in [2.05, 4.69) is 10.6 Å². The summed E-state index contributed by atoms with van der Waals surface area (Å²) in [7, 11) is 0. The fourth-order valence-corrected chi connectivity index (χ4v) is 4.28. The summed E-state index contributed by atoms with van der Waals surface area (Å²) in [4.78, 5) is 50.9. The molecule has 4 N–H and O–H groups in total. The maximum atomic E-state index is 13.0. The Hall–Kier alpha value is -3.53. The van der Waals surface area contributed by atoms with E-state index in [9.17, 15) is 29.4 Å². The van der Waals surface area contributed by atoms with Gasteiger partial charge in [-0.15, -0.1) is 11.8 Å². The van der Waals surface area contributed by atoms with Crippen molar-refractivity contribution >= 4 is 41.3 Å². The second-order valence-electron chi connectivity index (χ2n) is 7.23. The molecule has 1 saturated heterocycles. The predicted octanol–water partition coefficient (Wildman–Crippen LogP) is 2.66. The van der Waals surface area contributed by atoms with Gasteiger partial charge in [-0.25, -0.2) is 9.59 Å². The first-order valence-corrected chi connectivity index (χ1v) is 11.0. The van der Waals surface area contributed by atoms with E-state index in [0.717, 1.165) is 9.80 Å². The van der Waals surface area contributed by atoms with Gasteiger partial charge in [0.2, 0.25) is 5.91 Å². The number of nitrogens with zero attached hydrogens (tertiary/aromatic N) is 1. The molecular weight excluding hydrogens is 434 g/mol. The fourth-order valence-electron chi connectivity index (χ4n) is 3.82. The summed E-state index contributed by atoms with van der Waals surface area (Å²) in [5.74, 6) is -4.23. The van der Waals surface area contributed by atoms with Crippen LogP contribution in [0.15, 0.2) is 59.5 Å². The first-order chi connectivity index (χ1) is 15.3. The van der Waals surface area contributed by atoms with Crippen LogP contribution in [-0.2, 0) is 14.4 Å². The molecule has 9 nitrogen and oxygen atoms in total. The number of hydrogen-bond acceptors (Lipinski definition) is 5. The van der Waals surface area contributed by atoms with Crippen LogP contribution in [0.1, 0.15) is 18.0 Å². The molecular formula is C22H23N3O6S. The van der Waals surface area contributed by atoms with E-state index in [1.165, 1.54) is 11.8 Å². The molecule has 1 aliphatic heterocycles. The smallest absolute Gasteiger partial charge is 0.326 e. The zero-order valence-electron chi connectivity index (χ0n) is 17.2. The third kappa shape index (κ3) is 5.20. The molecule has 2 aromatic carbocycles. The maximum Gasteiger partial charge on any atom is 0.326 e. The quantitative estimate of drug-likeness (QED) is 0.469. The van der Waals surface area contributed by atoms with Gasteiger partial charge in [-0.2, -0.15) is 0 Å². The highest BCUT2D eigenvalue weighted by Crippen LogP contribution is 2.41. The largest absolute Gasteiger partial charge is 0.481 e. The van der Waals surface area contributed by atoms with Crippen molar-refractivity contribution in [1.29, 1.82) is 0 Å². The van der Waals surface area contributed by atoms with Crippen molar-refractivity contribution in [1.82, 2.24) is 10.2 Å². The molecule has 3 unspecified atom stereocenters. The number of likely N-dealkylation sites (tertiary alicyclic amines) is 1. The summed E-state index contributed by atoms with van der Waals surface area (Å²) in [5, 5.41) is 24.3. The minimum Gasteiger partial charge on any atom is -0.481 e. The van der Waals surface area contributed by atoms with Crippen molar-refractivity contribution in [3.8, 4) is 0 Å². The van der Waals surface area contributed by atoms with Crippen LogP contribution in [0.2, 0.25) is 0 Å². The maximum absolute atomic E-state index is 13.0. The molecule has 2 aromatic rings. The summed E-state index contributed by atoms with van der Waals surface area (Å²) < 4.78 is 0. The Morgan fingerprint density at radius 2 is 1.75 bits per heavy atom. The van der Waals surface area contributed by atoms with Crippen molar-refractivity contribution in [2.24, 2.45) is 5.92 Å². The molecule has 0 aromatic heterocycles. The first-order valence-electron chi connectivity index (χ1n) is 9.82. The molecule has 1 heterocycles. The van der Waals surface area contributed by atoms with Gasteiger partial charge in [0.05, 0.1) is 18.5 Å². The third-order valence-corrected chi connectivity index (χ3v) is 5.98. The number of carbonyl (C=O) groups excluding carboxylic acids is 2. The van der Waals surface area contributed by atoms with Crippen molar-refractivity contribution in [2.45, 2.75) is 23.4 Å². The van der Waals surface area contributed by atoms with Gasteiger partial charge in [0.1, 0.15) is 6.04 Å². The van der Waals surface area contributed by atoms with Gasteiger partial charge in [-0.1, -0.05) is 36.4 Å². The average molecular weight is 458 g/mol. The van der Waals surface area contributed by atoms with Crippen molar-refractivity contribution in [2.75, 3.05) is 18.1 Å². The second kappa shape index (κ2) is 10.2. The summed E-state index contributed by atoms with van der Waals surface area (Å²) in [6.45, 7) is -0.479. The van der Waals surface area contributed by atoms with Crippen molar-refractivity contribution in [3.63, 3.8) is 0 Å². The van der Waals surface area contributed by atoms with Crippen molar-refractivity contribution in [3.05, 3.63) is 60.2 Å². The Morgan fingerprint density at radius 1 is 1.03 bits per heavy atom. The Morgan fingerprint density at radius 3 is 2.38 bits per heavy atom. The summed E-state index contributed by atoms with van der Waals surface area (Å²) in [6, 6.07) is 12.7. The Kier molecular flexibility index (Phi) is 7.37. The number of carboxylic acids is 2. The van der Waals surface area contributed by atoms with E-state index in [1.807, 2.05) is 12.3 Å². The van der Waals surface area contributed by atoms with Gasteiger partial charge in [-0.3, -0.25) is 9.59 Å². The number of rotatable bonds is 7. The molecule has 0 bridgehead atoms. The molecule has 0 saturated carbocycles. The number of carboxylic acid groups (broad SMARTS) is 2. The first kappa shape index (κ1) is 23.1. The molecule has 0 radical (unpaired) electrons. The van der Waals surface area contributed by atoms with Gasteiger partial charge in [-0.05, 0) is 36.4 Å². The van der Waals surface area contributed by atoms with Crippen LogP contribution in [0.25, 0.3) is 0 Å². The number of aliphatic carboxylic acids is 2. The lowest BCUT2D eigenvalue weighted by Crippen LogP contribution is -2.47. The van der Waals surface area contributed by atoms with Crippen LogP contribution in [0.4, 0.5) is 10.5 Å². The molecule has 1 fully saturated rings. The van der Waals surface area contributed by atoms with Gasteiger partial charge in [0.25, 0.3) is 0 Å². The molecule has 32 heavy (non-hydrogen) atoms. The van der Waals surface area contributed by atoms with Gasteiger partial charge in [0, 0.05) is 10.6 Å². The van der Waals surface area contributed by atoms with E-state index in [-0.39, 0.29) is 6.42 Å². The number of thioether (sulfide) groups is 1. The molecule has 3 atom stereocenters. The highest BCUT2D eigenvalue weighted by molar-refractivity contribution is 7.98. The van der Waals surface area contributed by atoms with E-state index in [1.54, 1.807) is 48.5 Å². The summed E-state index contributed by atoms with van der Waals surface area (Å²) in [5.41, 5.74) is 1.06. The van der Waals surface area contributed by atoms with Crippen LogP contribution < -0.4 is 10.6 Å². The lowest BCUT2D eigenvalue weighted by Gasteiger charge is -2.30. The number of benzene rings is 2. The van der Waals surface area contributed by atoms with Crippen LogP contribution >= 0.6 is 11.8 Å². The summed E-state index contributed by atoms with van der Waals surface area (Å²) >= 11 is 1.51. The number of urea groups is 1. The van der Waals surface area contributed by atoms with Crippen LogP contribution in [0, 0.1) is 5.92 Å². The normalized spacial score (nSPS) is 19.9. The lowest BCUT2D eigenvalue weighted by atomic mass is 9.93. The second-order valence-corrected chi connectivity index (χ2v) is 8.11. The Bertz CT molecular complexity index is 1020. The predicted molar refractivity (Wildman–Crippen MR) is 118 cm³/mol. The van der Waals surface area contributed by atoms with Gasteiger partial charge in [0.15, 0.2) is 0 Å². The van der Waals surface area contributed by atoms with E-state index in [4.69, 9.17) is 0 Å². The van der Waals surface area contributed by atoms with Crippen LogP contribution in [0.5, 0.6) is 0 Å².